The summed E-state index contributed by atoms with van der Waals surface area (Å²) >= 11 is 0. The molecule has 0 unspecified atom stereocenters. The molecule has 0 aromatic carbocycles. The fraction of sp³-hybridized carbons (Fsp3) is 0.538. The monoisotopic (exact) mass is 293 g/mol. The molecule has 0 saturated heterocycles. The molecule has 3 N–H and O–H groups in total. The second kappa shape index (κ2) is 12.5. The van der Waals surface area contributed by atoms with Gasteiger partial charge in [-0.1, -0.05) is 12.8 Å². The number of hydrogen-bond acceptors (Lipinski definition) is 7. The van der Waals surface area contributed by atoms with Crippen LogP contribution in [0.5, 0.6) is 0 Å². The zero-order valence-corrected chi connectivity index (χ0v) is 12.0. The number of aliphatic imine (C=N–C) groups is 2. The highest BCUT2D eigenvalue weighted by atomic mass is 16.1. The highest BCUT2D eigenvalue weighted by Crippen LogP contribution is 1.99. The summed E-state index contributed by atoms with van der Waals surface area (Å²) in [5, 5.41) is 0. The standard InChI is InChI=1S/C8H12N2O2.C5H7N3O/c11-7-9-5-3-1-2-4-6-10-8-12;1-3-2-4(9)8-5(6)7-3/h1-6H2;2H,1H3,(H3,6,7,8,9). The molecule has 1 rings (SSSR count). The number of aromatic nitrogens is 2. The van der Waals surface area contributed by atoms with Crippen molar-refractivity contribution in [1.29, 1.82) is 0 Å². The molecule has 1 heterocycles. The lowest BCUT2D eigenvalue weighted by molar-refractivity contribution is 0.558. The van der Waals surface area contributed by atoms with Gasteiger partial charge in [0.25, 0.3) is 5.56 Å². The number of carbonyl (C=O) groups excluding carboxylic acids is 2. The molecule has 114 valence electrons. The molecular weight excluding hydrogens is 274 g/mol. The number of nitrogens with two attached hydrogens (primary N) is 1. The Morgan fingerprint density at radius 1 is 1.14 bits per heavy atom. The van der Waals surface area contributed by atoms with Crippen LogP contribution >= 0.6 is 0 Å². The van der Waals surface area contributed by atoms with Gasteiger partial charge in [-0.3, -0.25) is 9.78 Å². The first-order valence-corrected chi connectivity index (χ1v) is 6.51. The Morgan fingerprint density at radius 3 is 2.05 bits per heavy atom. The lowest BCUT2D eigenvalue weighted by Crippen LogP contribution is -2.09. The van der Waals surface area contributed by atoms with E-state index in [0.717, 1.165) is 25.7 Å². The minimum absolute atomic E-state index is 0.167. The number of nitrogens with zero attached hydrogens (tertiary/aromatic N) is 3. The SMILES string of the molecule is Cc1cc(=O)[nH]c(N)n1.O=C=NCCCCCCN=C=O. The largest absolute Gasteiger partial charge is 0.369 e. The number of hydrogen-bond donors (Lipinski definition) is 2. The highest BCUT2D eigenvalue weighted by molar-refractivity contribution is 5.32. The van der Waals surface area contributed by atoms with E-state index in [1.54, 1.807) is 6.92 Å². The molecule has 0 aliphatic carbocycles. The van der Waals surface area contributed by atoms with Crippen molar-refractivity contribution in [2.24, 2.45) is 9.98 Å². The van der Waals surface area contributed by atoms with Crippen LogP contribution in [0.15, 0.2) is 20.8 Å². The smallest absolute Gasteiger partial charge is 0.252 e. The molecule has 0 bridgehead atoms. The maximum atomic E-state index is 10.5. The summed E-state index contributed by atoms with van der Waals surface area (Å²) < 4.78 is 0. The summed E-state index contributed by atoms with van der Waals surface area (Å²) in [6, 6.07) is 1.39. The number of aryl methyl sites for hydroxylation is 1. The molecule has 0 fully saturated rings. The Bertz CT molecular complexity index is 512. The topological polar surface area (TPSA) is 131 Å². The van der Waals surface area contributed by atoms with Crippen LogP contribution in [0.3, 0.4) is 0 Å². The number of isocyanates is 2. The first-order valence-electron chi connectivity index (χ1n) is 6.51. The van der Waals surface area contributed by atoms with Crippen molar-refractivity contribution in [2.45, 2.75) is 32.6 Å². The molecule has 0 radical (unpaired) electrons. The molecule has 0 aliphatic rings. The van der Waals surface area contributed by atoms with Crippen molar-refractivity contribution >= 4 is 18.1 Å². The van der Waals surface area contributed by atoms with Gasteiger partial charge in [0.15, 0.2) is 0 Å². The van der Waals surface area contributed by atoms with E-state index >= 15 is 0 Å². The lowest BCUT2D eigenvalue weighted by Gasteiger charge is -1.93. The van der Waals surface area contributed by atoms with Crippen LogP contribution in [0.25, 0.3) is 0 Å². The highest BCUT2D eigenvalue weighted by Gasteiger charge is 1.89. The molecule has 1 aromatic heterocycles. The van der Waals surface area contributed by atoms with E-state index in [1.165, 1.54) is 18.2 Å². The van der Waals surface area contributed by atoms with E-state index in [1.807, 2.05) is 0 Å². The summed E-state index contributed by atoms with van der Waals surface area (Å²) in [7, 11) is 0. The number of nitrogen functional groups attached to an aromatic ring is 1. The first-order chi connectivity index (χ1) is 10.1. The third-order valence-electron chi connectivity index (χ3n) is 2.31. The Labute approximate surface area is 122 Å². The quantitative estimate of drug-likeness (QED) is 0.437. The number of anilines is 1. The molecule has 0 amide bonds. The summed E-state index contributed by atoms with van der Waals surface area (Å²) in [5.74, 6) is 0.167. The van der Waals surface area contributed by atoms with E-state index in [-0.39, 0.29) is 11.5 Å². The Hall–Kier alpha value is -2.56. The van der Waals surface area contributed by atoms with Gasteiger partial charge in [0.2, 0.25) is 18.1 Å². The van der Waals surface area contributed by atoms with Crippen LogP contribution < -0.4 is 11.3 Å². The van der Waals surface area contributed by atoms with Gasteiger partial charge in [-0.15, -0.1) is 0 Å². The molecule has 0 atom stereocenters. The van der Waals surface area contributed by atoms with E-state index in [0.29, 0.717) is 18.8 Å². The van der Waals surface area contributed by atoms with Crippen LogP contribution in [0.1, 0.15) is 31.4 Å². The lowest BCUT2D eigenvalue weighted by atomic mass is 10.2. The van der Waals surface area contributed by atoms with E-state index < -0.39 is 0 Å². The molecule has 8 nitrogen and oxygen atoms in total. The minimum Gasteiger partial charge on any atom is -0.369 e. The Balaban J connectivity index is 0.000000394. The zero-order valence-electron chi connectivity index (χ0n) is 12.0. The van der Waals surface area contributed by atoms with Crippen molar-refractivity contribution in [1.82, 2.24) is 9.97 Å². The number of aromatic amines is 1. The summed E-state index contributed by atoms with van der Waals surface area (Å²) in [5.41, 5.74) is 5.62. The van der Waals surface area contributed by atoms with E-state index in [9.17, 15) is 14.4 Å². The number of unbranched alkanes of at least 4 members (excludes halogenated alkanes) is 3. The third-order valence-corrected chi connectivity index (χ3v) is 2.31. The van der Waals surface area contributed by atoms with Gasteiger partial charge in [-0.25, -0.2) is 24.6 Å². The van der Waals surface area contributed by atoms with Gasteiger partial charge in [0.05, 0.1) is 13.1 Å². The van der Waals surface area contributed by atoms with Crippen LogP contribution in [-0.2, 0) is 9.59 Å². The van der Waals surface area contributed by atoms with Crippen LogP contribution in [0.2, 0.25) is 0 Å². The third kappa shape index (κ3) is 12.2. The average molecular weight is 293 g/mol. The molecule has 1 aromatic rings. The van der Waals surface area contributed by atoms with Gasteiger partial charge in [0, 0.05) is 11.8 Å². The fourth-order valence-corrected chi connectivity index (χ4v) is 1.43. The van der Waals surface area contributed by atoms with Gasteiger partial charge in [0.1, 0.15) is 0 Å². The number of H-pyrrole nitrogens is 1. The van der Waals surface area contributed by atoms with Crippen LogP contribution in [-0.4, -0.2) is 35.2 Å². The normalized spacial score (nSPS) is 8.81. The molecule has 0 saturated carbocycles. The number of nitrogens with one attached hydrogen (secondary N) is 1. The van der Waals surface area contributed by atoms with Gasteiger partial charge < -0.3 is 5.73 Å². The van der Waals surface area contributed by atoms with Crippen LogP contribution in [0, 0.1) is 6.92 Å². The van der Waals surface area contributed by atoms with Gasteiger partial charge >= 0.3 is 0 Å². The minimum atomic E-state index is -0.208. The zero-order chi connectivity index (χ0) is 15.9. The molecule has 0 aliphatic heterocycles. The molecular formula is C13H19N5O3. The van der Waals surface area contributed by atoms with Crippen molar-refractivity contribution in [2.75, 3.05) is 18.8 Å². The summed E-state index contributed by atoms with van der Waals surface area (Å²) in [4.78, 5) is 42.7. The predicted molar refractivity (Wildman–Crippen MR) is 78.5 cm³/mol. The maximum absolute atomic E-state index is 10.5. The Kier molecular flexibility index (Phi) is 11.0. The average Bonchev–Trinajstić information content (AvgIpc) is 2.41. The number of rotatable bonds is 7. The van der Waals surface area contributed by atoms with E-state index in [4.69, 9.17) is 5.73 Å². The summed E-state index contributed by atoms with van der Waals surface area (Å²) in [6.45, 7) is 2.83. The molecule has 8 heteroatoms. The van der Waals surface area contributed by atoms with Crippen molar-refractivity contribution in [3.8, 4) is 0 Å². The maximum Gasteiger partial charge on any atom is 0.252 e. The van der Waals surface area contributed by atoms with Gasteiger partial charge in [-0.2, -0.15) is 0 Å². The van der Waals surface area contributed by atoms with Crippen LogP contribution in [0.4, 0.5) is 5.95 Å². The Morgan fingerprint density at radius 2 is 1.67 bits per heavy atom. The second-order valence-electron chi connectivity index (χ2n) is 4.13. The first kappa shape index (κ1) is 18.4. The molecule has 21 heavy (non-hydrogen) atoms. The molecule has 0 spiro atoms. The van der Waals surface area contributed by atoms with Crippen molar-refractivity contribution in [3.63, 3.8) is 0 Å². The van der Waals surface area contributed by atoms with Crippen molar-refractivity contribution < 1.29 is 9.59 Å². The van der Waals surface area contributed by atoms with E-state index in [2.05, 4.69) is 20.0 Å². The van der Waals surface area contributed by atoms with Crippen molar-refractivity contribution in [3.05, 3.63) is 22.1 Å². The fourth-order valence-electron chi connectivity index (χ4n) is 1.43. The summed E-state index contributed by atoms with van der Waals surface area (Å²) in [6.07, 6.45) is 6.80. The predicted octanol–water partition coefficient (Wildman–Crippen LogP) is 0.879. The second-order valence-corrected chi connectivity index (χ2v) is 4.13. The van der Waals surface area contributed by atoms with Gasteiger partial charge in [-0.05, 0) is 19.8 Å².